The van der Waals surface area contributed by atoms with E-state index in [1.165, 1.54) is 5.57 Å². The molecule has 0 N–H and O–H groups in total. The highest BCUT2D eigenvalue weighted by molar-refractivity contribution is 6.05. The summed E-state index contributed by atoms with van der Waals surface area (Å²) in [4.78, 5) is 11.8. The van der Waals surface area contributed by atoms with Crippen molar-refractivity contribution in [3.63, 3.8) is 0 Å². The molecule has 0 saturated heterocycles. The van der Waals surface area contributed by atoms with Gasteiger partial charge < -0.3 is 0 Å². The summed E-state index contributed by atoms with van der Waals surface area (Å²) >= 11 is 0. The van der Waals surface area contributed by atoms with Crippen molar-refractivity contribution in [3.05, 3.63) is 58.8 Å². The first-order valence-corrected chi connectivity index (χ1v) is 5.93. The fraction of sp³-hybridized carbons (Fsp3) is 0.0667. The molecule has 3 nitrogen and oxygen atoms in total. The first-order chi connectivity index (χ1) is 8.84. The van der Waals surface area contributed by atoms with Gasteiger partial charge in [0.25, 0.3) is 0 Å². The van der Waals surface area contributed by atoms with Gasteiger partial charge in [-0.2, -0.15) is 5.10 Å². The van der Waals surface area contributed by atoms with Crippen LogP contribution in [-0.2, 0) is 0 Å². The van der Waals surface area contributed by atoms with Crippen LogP contribution in [0.2, 0.25) is 0 Å². The maximum atomic E-state index is 11.8. The van der Waals surface area contributed by atoms with Crippen LogP contribution < -0.4 is 10.6 Å². The molecule has 3 aliphatic rings. The van der Waals surface area contributed by atoms with E-state index in [0.717, 1.165) is 10.6 Å². The molecular formula is C15H10N2O. The van der Waals surface area contributed by atoms with Crippen molar-refractivity contribution in [2.24, 2.45) is 5.92 Å². The highest BCUT2D eigenvalue weighted by Gasteiger charge is 2.21. The zero-order chi connectivity index (χ0) is 12.1. The third-order valence-corrected chi connectivity index (χ3v) is 3.46. The van der Waals surface area contributed by atoms with E-state index in [-0.39, 0.29) is 11.7 Å². The highest BCUT2D eigenvalue weighted by atomic mass is 16.1. The summed E-state index contributed by atoms with van der Waals surface area (Å²) in [6.07, 6.45) is 17.7. The molecule has 3 heteroatoms. The van der Waals surface area contributed by atoms with Crippen LogP contribution in [0.5, 0.6) is 0 Å². The Kier molecular flexibility index (Phi) is 1.75. The van der Waals surface area contributed by atoms with Crippen LogP contribution >= 0.6 is 0 Å². The van der Waals surface area contributed by atoms with Crippen molar-refractivity contribution in [2.45, 2.75) is 0 Å². The van der Waals surface area contributed by atoms with Gasteiger partial charge in [-0.3, -0.25) is 4.79 Å². The Hall–Kier alpha value is -2.42. The average Bonchev–Trinajstić information content (AvgIpc) is 2.79. The summed E-state index contributed by atoms with van der Waals surface area (Å²) in [5, 5.41) is 6.36. The largest absolute Gasteiger partial charge is 0.287 e. The molecule has 0 spiro atoms. The van der Waals surface area contributed by atoms with E-state index in [9.17, 15) is 4.79 Å². The second kappa shape index (κ2) is 3.29. The molecule has 0 amide bonds. The number of carbonyl (C=O) groups is 1. The maximum absolute atomic E-state index is 11.8. The minimum absolute atomic E-state index is 0.0183. The highest BCUT2D eigenvalue weighted by Crippen LogP contribution is 2.22. The molecule has 86 valence electrons. The Morgan fingerprint density at radius 3 is 3.00 bits per heavy atom. The lowest BCUT2D eigenvalue weighted by Crippen LogP contribution is -2.35. The molecule has 0 bridgehead atoms. The number of fused-ring (bicyclic) bond motifs is 4. The minimum atomic E-state index is -0.0183. The molecular weight excluding hydrogens is 224 g/mol. The number of ketones is 1. The van der Waals surface area contributed by atoms with Gasteiger partial charge in [0.1, 0.15) is 5.69 Å². The van der Waals surface area contributed by atoms with Gasteiger partial charge in [0.05, 0.1) is 5.35 Å². The Morgan fingerprint density at radius 1 is 1.11 bits per heavy atom. The van der Waals surface area contributed by atoms with Crippen LogP contribution in [0.15, 0.2) is 42.5 Å². The number of allylic oxidation sites excluding steroid dienone is 7. The van der Waals surface area contributed by atoms with Crippen LogP contribution in [0.3, 0.4) is 0 Å². The summed E-state index contributed by atoms with van der Waals surface area (Å²) < 4.78 is 1.81. The summed E-state index contributed by atoms with van der Waals surface area (Å²) in [6.45, 7) is 0. The molecule has 0 radical (unpaired) electrons. The first-order valence-electron chi connectivity index (χ1n) is 5.93. The number of hydrogen-bond donors (Lipinski definition) is 0. The molecule has 0 aromatic carbocycles. The van der Waals surface area contributed by atoms with Crippen molar-refractivity contribution in [3.8, 4) is 0 Å². The second-order valence-corrected chi connectivity index (χ2v) is 4.51. The van der Waals surface area contributed by atoms with E-state index in [0.29, 0.717) is 5.69 Å². The molecule has 1 atom stereocenters. The van der Waals surface area contributed by atoms with Crippen molar-refractivity contribution >= 4 is 23.6 Å². The van der Waals surface area contributed by atoms with Crippen molar-refractivity contribution < 1.29 is 4.79 Å². The lowest BCUT2D eigenvalue weighted by atomic mass is 9.92. The van der Waals surface area contributed by atoms with Gasteiger partial charge in [-0.25, -0.2) is 4.68 Å². The normalized spacial score (nSPS) is 22.6. The van der Waals surface area contributed by atoms with Crippen LogP contribution in [0.1, 0.15) is 10.5 Å². The van der Waals surface area contributed by atoms with Crippen molar-refractivity contribution in [1.29, 1.82) is 0 Å². The standard InChI is InChI=1S/C15H10N2O/c18-13-7-3-6-12-14(13)16-17-9-8-10-4-1-2-5-11(10)15(12)17/h1-10H. The average molecular weight is 234 g/mol. The van der Waals surface area contributed by atoms with E-state index in [1.807, 2.05) is 24.4 Å². The zero-order valence-corrected chi connectivity index (χ0v) is 9.58. The molecule has 1 aliphatic heterocycles. The number of carbonyl (C=O) groups excluding carboxylic acids is 1. The fourth-order valence-electron chi connectivity index (χ4n) is 2.63. The quantitative estimate of drug-likeness (QED) is 0.665. The Balaban J connectivity index is 2.19. The van der Waals surface area contributed by atoms with E-state index in [1.54, 1.807) is 16.8 Å². The molecule has 0 fully saturated rings. The number of rotatable bonds is 0. The van der Waals surface area contributed by atoms with E-state index >= 15 is 0 Å². The van der Waals surface area contributed by atoms with Gasteiger partial charge in [0.2, 0.25) is 5.78 Å². The monoisotopic (exact) mass is 234 g/mol. The predicted octanol–water partition coefficient (Wildman–Crippen LogP) is 0.793. The third kappa shape index (κ3) is 1.13. The molecule has 2 heterocycles. The first kappa shape index (κ1) is 9.59. The fourth-order valence-corrected chi connectivity index (χ4v) is 2.63. The summed E-state index contributed by atoms with van der Waals surface area (Å²) in [6, 6.07) is 0. The number of nitrogens with zero attached hydrogens (tertiary/aromatic N) is 2. The van der Waals surface area contributed by atoms with Gasteiger partial charge >= 0.3 is 0 Å². The van der Waals surface area contributed by atoms with E-state index in [4.69, 9.17) is 0 Å². The van der Waals surface area contributed by atoms with Gasteiger partial charge in [0.15, 0.2) is 0 Å². The lowest BCUT2D eigenvalue weighted by Gasteiger charge is -2.16. The number of hydrogen-bond acceptors (Lipinski definition) is 2. The molecule has 0 saturated carbocycles. The second-order valence-electron chi connectivity index (χ2n) is 4.51. The molecule has 2 aliphatic carbocycles. The molecule has 1 aromatic rings. The Bertz CT molecular complexity index is 800. The van der Waals surface area contributed by atoms with Crippen LogP contribution in [0.25, 0.3) is 17.8 Å². The minimum Gasteiger partial charge on any atom is -0.287 e. The smallest absolute Gasteiger partial charge is 0.206 e. The zero-order valence-electron chi connectivity index (χ0n) is 9.58. The van der Waals surface area contributed by atoms with Gasteiger partial charge in [-0.1, -0.05) is 42.5 Å². The van der Waals surface area contributed by atoms with E-state index < -0.39 is 0 Å². The van der Waals surface area contributed by atoms with Crippen LogP contribution in [0.4, 0.5) is 0 Å². The van der Waals surface area contributed by atoms with Crippen LogP contribution in [-0.4, -0.2) is 15.6 Å². The van der Waals surface area contributed by atoms with Gasteiger partial charge in [-0.05, 0) is 11.6 Å². The molecule has 18 heavy (non-hydrogen) atoms. The Morgan fingerprint density at radius 2 is 2.06 bits per heavy atom. The lowest BCUT2D eigenvalue weighted by molar-refractivity contribution is 0.104. The van der Waals surface area contributed by atoms with Gasteiger partial charge in [0, 0.05) is 17.3 Å². The Labute approximate surface area is 103 Å². The third-order valence-electron chi connectivity index (χ3n) is 3.46. The summed E-state index contributed by atoms with van der Waals surface area (Å²) in [5.41, 5.74) is 1.75. The van der Waals surface area contributed by atoms with Crippen LogP contribution in [0, 0.1) is 5.92 Å². The number of aromatic nitrogens is 2. The van der Waals surface area contributed by atoms with E-state index in [2.05, 4.69) is 23.3 Å². The molecule has 1 unspecified atom stereocenters. The molecule has 4 rings (SSSR count). The van der Waals surface area contributed by atoms with Crippen molar-refractivity contribution in [2.75, 3.05) is 0 Å². The SMILES string of the molecule is O=C1C=CC=c2c1nn1c2=C2C=CC=CC2C=C1. The predicted molar refractivity (Wildman–Crippen MR) is 69.9 cm³/mol. The molecule has 1 aromatic heterocycles. The maximum Gasteiger partial charge on any atom is 0.206 e. The summed E-state index contributed by atoms with van der Waals surface area (Å²) in [5.74, 6) is 0.271. The van der Waals surface area contributed by atoms with Crippen molar-refractivity contribution in [1.82, 2.24) is 9.78 Å². The van der Waals surface area contributed by atoms with Gasteiger partial charge in [-0.15, -0.1) is 0 Å². The summed E-state index contributed by atoms with van der Waals surface area (Å²) in [7, 11) is 0. The topological polar surface area (TPSA) is 34.9 Å².